The van der Waals surface area contributed by atoms with E-state index >= 15 is 0 Å². The summed E-state index contributed by atoms with van der Waals surface area (Å²) in [7, 11) is 1.68. The Labute approximate surface area is 91.4 Å². The molecule has 0 aliphatic heterocycles. The number of nitrogens with zero attached hydrogens (tertiary/aromatic N) is 2. The molecule has 1 aromatic rings. The fraction of sp³-hybridized carbons (Fsp3) is 0.727. The fourth-order valence-electron chi connectivity index (χ4n) is 1.95. The predicted molar refractivity (Wildman–Crippen MR) is 61.1 cm³/mol. The molecule has 0 radical (unpaired) electrons. The monoisotopic (exact) mass is 211 g/mol. The van der Waals surface area contributed by atoms with Crippen LogP contribution in [0.25, 0.3) is 0 Å². The molecule has 15 heavy (non-hydrogen) atoms. The third kappa shape index (κ3) is 2.72. The molecule has 0 aliphatic rings. The molecular formula is C11H21N3O. The van der Waals surface area contributed by atoms with E-state index in [2.05, 4.69) is 18.9 Å². The molecule has 4 nitrogen and oxygen atoms in total. The van der Waals surface area contributed by atoms with Crippen molar-refractivity contribution in [3.8, 4) is 5.75 Å². The Bertz CT molecular complexity index is 285. The van der Waals surface area contributed by atoms with Crippen LogP contribution in [0.4, 0.5) is 0 Å². The zero-order valence-corrected chi connectivity index (χ0v) is 10.0. The quantitative estimate of drug-likeness (QED) is 0.807. The van der Waals surface area contributed by atoms with Crippen molar-refractivity contribution in [3.05, 3.63) is 11.9 Å². The SMILES string of the molecule is CCn1ncc(OC)c1C(C)CC(C)N. The van der Waals surface area contributed by atoms with Gasteiger partial charge in [-0.25, -0.2) is 0 Å². The average molecular weight is 211 g/mol. The van der Waals surface area contributed by atoms with Crippen molar-refractivity contribution in [1.82, 2.24) is 9.78 Å². The van der Waals surface area contributed by atoms with Gasteiger partial charge in [-0.2, -0.15) is 5.10 Å². The zero-order chi connectivity index (χ0) is 11.4. The van der Waals surface area contributed by atoms with E-state index in [0.717, 1.165) is 24.4 Å². The third-order valence-electron chi connectivity index (χ3n) is 2.56. The van der Waals surface area contributed by atoms with E-state index in [1.54, 1.807) is 13.3 Å². The number of rotatable bonds is 5. The normalized spacial score (nSPS) is 15.0. The van der Waals surface area contributed by atoms with Gasteiger partial charge in [-0.15, -0.1) is 0 Å². The van der Waals surface area contributed by atoms with Crippen LogP contribution in [0.2, 0.25) is 0 Å². The van der Waals surface area contributed by atoms with E-state index < -0.39 is 0 Å². The molecule has 86 valence electrons. The Balaban J connectivity index is 2.93. The van der Waals surface area contributed by atoms with Crippen LogP contribution in [0, 0.1) is 0 Å². The van der Waals surface area contributed by atoms with Gasteiger partial charge in [-0.1, -0.05) is 6.92 Å². The predicted octanol–water partition coefficient (Wildman–Crippen LogP) is 1.75. The molecule has 0 fully saturated rings. The van der Waals surface area contributed by atoms with Crippen LogP contribution in [0.3, 0.4) is 0 Å². The van der Waals surface area contributed by atoms with Crippen LogP contribution in [0.15, 0.2) is 6.20 Å². The summed E-state index contributed by atoms with van der Waals surface area (Å²) < 4.78 is 7.28. The van der Waals surface area contributed by atoms with Crippen molar-refractivity contribution in [2.24, 2.45) is 5.73 Å². The topological polar surface area (TPSA) is 53.1 Å². The van der Waals surface area contributed by atoms with Crippen LogP contribution in [-0.2, 0) is 6.54 Å². The van der Waals surface area contributed by atoms with Gasteiger partial charge in [0.25, 0.3) is 0 Å². The second-order valence-corrected chi connectivity index (χ2v) is 4.03. The first kappa shape index (κ1) is 12.0. The van der Waals surface area contributed by atoms with Gasteiger partial charge < -0.3 is 10.5 Å². The number of aryl methyl sites for hydroxylation is 1. The van der Waals surface area contributed by atoms with Crippen molar-refractivity contribution in [2.75, 3.05) is 7.11 Å². The highest BCUT2D eigenvalue weighted by atomic mass is 16.5. The molecule has 1 rings (SSSR count). The summed E-state index contributed by atoms with van der Waals surface area (Å²) in [6.07, 6.45) is 2.72. The summed E-state index contributed by atoms with van der Waals surface area (Å²) >= 11 is 0. The van der Waals surface area contributed by atoms with E-state index in [-0.39, 0.29) is 6.04 Å². The highest BCUT2D eigenvalue weighted by molar-refractivity contribution is 5.28. The lowest BCUT2D eigenvalue weighted by Crippen LogP contribution is -2.19. The Kier molecular flexibility index (Phi) is 4.15. The van der Waals surface area contributed by atoms with Crippen LogP contribution >= 0.6 is 0 Å². The summed E-state index contributed by atoms with van der Waals surface area (Å²) in [5.74, 6) is 1.24. The Hall–Kier alpha value is -1.03. The Morgan fingerprint density at radius 2 is 2.20 bits per heavy atom. The highest BCUT2D eigenvalue weighted by Gasteiger charge is 2.18. The van der Waals surface area contributed by atoms with Crippen LogP contribution < -0.4 is 10.5 Å². The lowest BCUT2D eigenvalue weighted by atomic mass is 9.99. The van der Waals surface area contributed by atoms with Gasteiger partial charge in [0.2, 0.25) is 0 Å². The molecule has 0 aliphatic carbocycles. The summed E-state index contributed by atoms with van der Waals surface area (Å²) in [5.41, 5.74) is 6.96. The van der Waals surface area contributed by atoms with Crippen LogP contribution in [0.5, 0.6) is 5.75 Å². The number of methoxy groups -OCH3 is 1. The second-order valence-electron chi connectivity index (χ2n) is 4.03. The number of ether oxygens (including phenoxy) is 1. The lowest BCUT2D eigenvalue weighted by molar-refractivity contribution is 0.398. The summed E-state index contributed by atoms with van der Waals surface area (Å²) in [5, 5.41) is 4.28. The lowest BCUT2D eigenvalue weighted by Gasteiger charge is -2.16. The molecule has 0 saturated carbocycles. The fourth-order valence-corrected chi connectivity index (χ4v) is 1.95. The van der Waals surface area contributed by atoms with Crippen molar-refractivity contribution in [1.29, 1.82) is 0 Å². The molecule has 2 unspecified atom stereocenters. The van der Waals surface area contributed by atoms with E-state index in [1.165, 1.54) is 0 Å². The smallest absolute Gasteiger partial charge is 0.160 e. The molecule has 0 spiro atoms. The molecule has 1 aromatic heterocycles. The highest BCUT2D eigenvalue weighted by Crippen LogP contribution is 2.29. The van der Waals surface area contributed by atoms with Crippen LogP contribution in [0.1, 0.15) is 38.8 Å². The summed E-state index contributed by atoms with van der Waals surface area (Å²) in [4.78, 5) is 0. The first-order valence-corrected chi connectivity index (χ1v) is 5.45. The zero-order valence-electron chi connectivity index (χ0n) is 10.0. The largest absolute Gasteiger partial charge is 0.493 e. The number of nitrogens with two attached hydrogens (primary N) is 1. The van der Waals surface area contributed by atoms with Gasteiger partial charge in [0, 0.05) is 18.5 Å². The first-order valence-electron chi connectivity index (χ1n) is 5.45. The van der Waals surface area contributed by atoms with Gasteiger partial charge in [-0.05, 0) is 20.3 Å². The van der Waals surface area contributed by atoms with Crippen molar-refractivity contribution in [2.45, 2.75) is 45.7 Å². The number of aromatic nitrogens is 2. The average Bonchev–Trinajstić information content (AvgIpc) is 2.58. The van der Waals surface area contributed by atoms with Gasteiger partial charge >= 0.3 is 0 Å². The second kappa shape index (κ2) is 5.16. The maximum atomic E-state index is 5.81. The number of hydrogen-bond donors (Lipinski definition) is 1. The molecule has 1 heterocycles. The van der Waals surface area contributed by atoms with Gasteiger partial charge in [0.05, 0.1) is 19.0 Å². The number of hydrogen-bond acceptors (Lipinski definition) is 3. The third-order valence-corrected chi connectivity index (χ3v) is 2.56. The minimum atomic E-state index is 0.199. The molecular weight excluding hydrogens is 190 g/mol. The van der Waals surface area contributed by atoms with Gasteiger partial charge in [-0.3, -0.25) is 4.68 Å². The maximum Gasteiger partial charge on any atom is 0.160 e. The standard InChI is InChI=1S/C11H21N3O/c1-5-14-11(8(2)6-9(3)12)10(15-4)7-13-14/h7-9H,5-6,12H2,1-4H3. The Morgan fingerprint density at radius 1 is 1.53 bits per heavy atom. The van der Waals surface area contributed by atoms with Gasteiger partial charge in [0.1, 0.15) is 0 Å². The van der Waals surface area contributed by atoms with E-state index in [1.807, 2.05) is 11.6 Å². The van der Waals surface area contributed by atoms with Crippen molar-refractivity contribution >= 4 is 0 Å². The Morgan fingerprint density at radius 3 is 2.67 bits per heavy atom. The molecule has 2 N–H and O–H groups in total. The molecule has 0 bridgehead atoms. The molecule has 0 aromatic carbocycles. The minimum Gasteiger partial charge on any atom is -0.493 e. The first-order chi connectivity index (χ1) is 7.10. The molecule has 2 atom stereocenters. The maximum absolute atomic E-state index is 5.81. The van der Waals surface area contributed by atoms with Crippen molar-refractivity contribution in [3.63, 3.8) is 0 Å². The van der Waals surface area contributed by atoms with E-state index in [9.17, 15) is 0 Å². The summed E-state index contributed by atoms with van der Waals surface area (Å²) in [6.45, 7) is 7.13. The van der Waals surface area contributed by atoms with Crippen LogP contribution in [-0.4, -0.2) is 22.9 Å². The van der Waals surface area contributed by atoms with Gasteiger partial charge in [0.15, 0.2) is 5.75 Å². The van der Waals surface area contributed by atoms with E-state index in [4.69, 9.17) is 10.5 Å². The summed E-state index contributed by atoms with van der Waals surface area (Å²) in [6, 6.07) is 0.199. The molecule has 4 heteroatoms. The molecule has 0 saturated heterocycles. The minimum absolute atomic E-state index is 0.199. The van der Waals surface area contributed by atoms with E-state index in [0.29, 0.717) is 5.92 Å². The molecule has 0 amide bonds. The van der Waals surface area contributed by atoms with Crippen molar-refractivity contribution < 1.29 is 4.74 Å².